The van der Waals surface area contributed by atoms with E-state index in [1.54, 1.807) is 0 Å². The number of aromatic nitrogens is 3. The average Bonchev–Trinajstić information content (AvgIpc) is 3.19. The summed E-state index contributed by atoms with van der Waals surface area (Å²) in [6, 6.07) is 25.9. The summed E-state index contributed by atoms with van der Waals surface area (Å²) in [5, 5.41) is 8.26. The van der Waals surface area contributed by atoms with Crippen molar-refractivity contribution in [3.8, 4) is 11.4 Å². The van der Waals surface area contributed by atoms with Crippen LogP contribution in [0.15, 0.2) is 78.9 Å². The lowest BCUT2D eigenvalue weighted by Crippen LogP contribution is -2.17. The highest BCUT2D eigenvalue weighted by atomic mass is 15.3. The Hall–Kier alpha value is -3.91. The molecule has 0 aliphatic heterocycles. The molecule has 148 valence electrons. The van der Waals surface area contributed by atoms with Crippen molar-refractivity contribution >= 4 is 11.4 Å². The van der Waals surface area contributed by atoms with E-state index in [0.717, 1.165) is 29.1 Å². The van der Waals surface area contributed by atoms with Crippen LogP contribution in [-0.2, 0) is 13.5 Å². The lowest BCUT2D eigenvalue weighted by Gasteiger charge is -2.20. The van der Waals surface area contributed by atoms with Crippen molar-refractivity contribution in [1.29, 1.82) is 0 Å². The molecule has 3 aromatic carbocycles. The number of benzene rings is 3. The number of hydrogen-bond donors (Lipinski definition) is 1. The fourth-order valence-corrected chi connectivity index (χ4v) is 3.45. The smallest absolute Gasteiger partial charge is 0.187 e. The predicted molar refractivity (Wildman–Crippen MR) is 120 cm³/mol. The molecule has 0 saturated heterocycles. The zero-order valence-electron chi connectivity index (χ0n) is 17.1. The van der Waals surface area contributed by atoms with E-state index in [2.05, 4.69) is 46.4 Å². The van der Waals surface area contributed by atoms with E-state index in [0.29, 0.717) is 11.5 Å². The lowest BCUT2D eigenvalue weighted by atomic mass is 10.0. The van der Waals surface area contributed by atoms with E-state index < -0.39 is 0 Å². The molecule has 0 aliphatic carbocycles. The highest BCUT2D eigenvalue weighted by molar-refractivity contribution is 5.57. The van der Waals surface area contributed by atoms with Crippen molar-refractivity contribution in [2.24, 2.45) is 7.05 Å². The number of rotatable bonds is 6. The van der Waals surface area contributed by atoms with Crippen LogP contribution in [0.1, 0.15) is 29.9 Å². The van der Waals surface area contributed by atoms with Crippen LogP contribution in [0.25, 0.3) is 16.2 Å². The second-order valence-electron chi connectivity index (χ2n) is 7.12. The maximum atomic E-state index is 7.17. The third kappa shape index (κ3) is 4.08. The summed E-state index contributed by atoms with van der Waals surface area (Å²) in [7, 11) is 1.93. The van der Waals surface area contributed by atoms with E-state index in [-0.39, 0.29) is 6.04 Å². The van der Waals surface area contributed by atoms with Gasteiger partial charge in [-0.1, -0.05) is 73.7 Å². The Labute approximate surface area is 176 Å². The maximum Gasteiger partial charge on any atom is 0.187 e. The number of nitrogens with one attached hydrogen (secondary N) is 1. The van der Waals surface area contributed by atoms with Gasteiger partial charge >= 0.3 is 0 Å². The molecule has 0 fully saturated rings. The van der Waals surface area contributed by atoms with Crippen LogP contribution < -0.4 is 5.32 Å². The van der Waals surface area contributed by atoms with Gasteiger partial charge in [-0.05, 0) is 29.7 Å². The van der Waals surface area contributed by atoms with Gasteiger partial charge < -0.3 is 5.32 Å². The first-order valence-corrected chi connectivity index (χ1v) is 9.97. The zero-order valence-corrected chi connectivity index (χ0v) is 17.1. The molecule has 1 unspecified atom stereocenters. The molecule has 0 spiro atoms. The van der Waals surface area contributed by atoms with Gasteiger partial charge in [-0.2, -0.15) is 5.10 Å². The van der Waals surface area contributed by atoms with E-state index in [9.17, 15) is 0 Å². The molecule has 0 amide bonds. The standard InChI is InChI=1S/C25H23N5/c1-4-18-9-8-12-20(17-18)23(27-22-15-13-21(26-2)14-16-22)25-28-24(29-30(25)3)19-10-6-5-7-11-19/h5-17,23,27H,4H2,1,3H3. The minimum Gasteiger partial charge on any atom is -0.372 e. The summed E-state index contributed by atoms with van der Waals surface area (Å²) in [5.41, 5.74) is 4.93. The molecule has 1 N–H and O–H groups in total. The van der Waals surface area contributed by atoms with Crippen LogP contribution in [0.3, 0.4) is 0 Å². The summed E-state index contributed by atoms with van der Waals surface area (Å²) in [6.45, 7) is 9.32. The molecular weight excluding hydrogens is 370 g/mol. The van der Waals surface area contributed by atoms with Crippen molar-refractivity contribution < 1.29 is 0 Å². The number of nitrogens with zero attached hydrogens (tertiary/aromatic N) is 4. The molecule has 1 heterocycles. The third-order valence-corrected chi connectivity index (χ3v) is 5.09. The van der Waals surface area contributed by atoms with Gasteiger partial charge in [0.2, 0.25) is 0 Å². The average molecular weight is 393 g/mol. The van der Waals surface area contributed by atoms with Gasteiger partial charge in [0.05, 0.1) is 6.57 Å². The monoisotopic (exact) mass is 393 g/mol. The molecule has 0 bridgehead atoms. The molecule has 0 aliphatic rings. The molecule has 0 radical (unpaired) electrons. The quantitative estimate of drug-likeness (QED) is 0.421. The number of aryl methyl sites for hydroxylation is 2. The number of anilines is 1. The van der Waals surface area contributed by atoms with Gasteiger partial charge in [0.15, 0.2) is 17.3 Å². The Morgan fingerprint density at radius 3 is 2.47 bits per heavy atom. The van der Waals surface area contributed by atoms with Crippen LogP contribution in [0.2, 0.25) is 0 Å². The maximum absolute atomic E-state index is 7.17. The zero-order chi connectivity index (χ0) is 20.9. The highest BCUT2D eigenvalue weighted by Gasteiger charge is 2.22. The van der Waals surface area contributed by atoms with E-state index in [1.807, 2.05) is 66.3 Å². The van der Waals surface area contributed by atoms with Crippen LogP contribution in [0, 0.1) is 6.57 Å². The first kappa shape index (κ1) is 19.4. The van der Waals surface area contributed by atoms with Gasteiger partial charge in [-0.15, -0.1) is 0 Å². The normalized spacial score (nSPS) is 11.6. The predicted octanol–water partition coefficient (Wildman–Crippen LogP) is 5.80. The van der Waals surface area contributed by atoms with Gasteiger partial charge in [-0.3, -0.25) is 4.68 Å². The molecule has 30 heavy (non-hydrogen) atoms. The molecule has 0 saturated carbocycles. The van der Waals surface area contributed by atoms with E-state index in [1.165, 1.54) is 5.56 Å². The fraction of sp³-hybridized carbons (Fsp3) is 0.160. The minimum absolute atomic E-state index is 0.176. The first-order chi connectivity index (χ1) is 14.7. The molecule has 1 aromatic heterocycles. The van der Waals surface area contributed by atoms with Crippen molar-refractivity contribution in [3.05, 3.63) is 107 Å². The van der Waals surface area contributed by atoms with Gasteiger partial charge in [0, 0.05) is 18.3 Å². The fourth-order valence-electron chi connectivity index (χ4n) is 3.45. The minimum atomic E-state index is -0.176. The molecule has 1 atom stereocenters. The van der Waals surface area contributed by atoms with Crippen molar-refractivity contribution in [3.63, 3.8) is 0 Å². The summed E-state index contributed by atoms with van der Waals surface area (Å²) in [5.74, 6) is 1.53. The number of hydrogen-bond acceptors (Lipinski definition) is 3. The second kappa shape index (κ2) is 8.62. The summed E-state index contributed by atoms with van der Waals surface area (Å²) >= 11 is 0. The van der Waals surface area contributed by atoms with Crippen LogP contribution in [0.5, 0.6) is 0 Å². The lowest BCUT2D eigenvalue weighted by molar-refractivity contribution is 0.678. The van der Waals surface area contributed by atoms with Crippen LogP contribution >= 0.6 is 0 Å². The first-order valence-electron chi connectivity index (χ1n) is 9.97. The molecule has 5 nitrogen and oxygen atoms in total. The molecular formula is C25H23N5. The second-order valence-corrected chi connectivity index (χ2v) is 7.12. The molecule has 5 heteroatoms. The summed E-state index contributed by atoms with van der Waals surface area (Å²) in [6.07, 6.45) is 0.967. The summed E-state index contributed by atoms with van der Waals surface area (Å²) in [4.78, 5) is 8.36. The highest BCUT2D eigenvalue weighted by Crippen LogP contribution is 2.29. The topological polar surface area (TPSA) is 47.1 Å². The van der Waals surface area contributed by atoms with Crippen LogP contribution in [0.4, 0.5) is 11.4 Å². The third-order valence-electron chi connectivity index (χ3n) is 5.09. The van der Waals surface area contributed by atoms with Gasteiger partial charge in [-0.25, -0.2) is 9.83 Å². The Bertz CT molecular complexity index is 1170. The molecule has 4 rings (SSSR count). The molecule has 4 aromatic rings. The Morgan fingerprint density at radius 1 is 1.00 bits per heavy atom. The van der Waals surface area contributed by atoms with Crippen LogP contribution in [-0.4, -0.2) is 14.8 Å². The van der Waals surface area contributed by atoms with Crippen molar-refractivity contribution in [2.75, 3.05) is 5.32 Å². The summed E-state index contributed by atoms with van der Waals surface area (Å²) < 4.78 is 1.84. The van der Waals surface area contributed by atoms with Crippen molar-refractivity contribution in [1.82, 2.24) is 14.8 Å². The van der Waals surface area contributed by atoms with Gasteiger partial charge in [0.25, 0.3) is 0 Å². The van der Waals surface area contributed by atoms with Crippen molar-refractivity contribution in [2.45, 2.75) is 19.4 Å². The Morgan fingerprint density at radius 2 is 1.77 bits per heavy atom. The van der Waals surface area contributed by atoms with E-state index >= 15 is 0 Å². The SMILES string of the molecule is [C-]#[N+]c1ccc(NC(c2cccc(CC)c2)c2nc(-c3ccccc3)nn2C)cc1. The Balaban J connectivity index is 1.76. The van der Waals surface area contributed by atoms with E-state index in [4.69, 9.17) is 11.6 Å². The Kier molecular flexibility index (Phi) is 5.58. The largest absolute Gasteiger partial charge is 0.372 e. The van der Waals surface area contributed by atoms with Gasteiger partial charge in [0.1, 0.15) is 6.04 Å².